The molecule has 0 spiro atoms. The molecule has 0 bridgehead atoms. The van der Waals surface area contributed by atoms with Crippen molar-refractivity contribution in [2.45, 2.75) is 51.9 Å². The molecule has 7 heteroatoms. The normalized spacial score (nSPS) is 19.8. The van der Waals surface area contributed by atoms with Crippen LogP contribution < -0.4 is 0 Å². The van der Waals surface area contributed by atoms with Gasteiger partial charge in [0.1, 0.15) is 0 Å². The Balaban J connectivity index is 5.28. The second-order valence-electron chi connectivity index (χ2n) is 4.41. The minimum Gasteiger partial charge on any atom is -0.761 e. The molecule has 2 unspecified atom stereocenters. The Morgan fingerprint density at radius 2 is 1.53 bits per heavy atom. The summed E-state index contributed by atoms with van der Waals surface area (Å²) in [5.41, 5.74) is -2.23. The van der Waals surface area contributed by atoms with Crippen LogP contribution in [-0.4, -0.2) is 46.0 Å². The van der Waals surface area contributed by atoms with Crippen molar-refractivity contribution in [1.82, 2.24) is 15.4 Å². The molecular formula is C10H23N3O4-2. The lowest BCUT2D eigenvalue weighted by atomic mass is 10.0. The van der Waals surface area contributed by atoms with Gasteiger partial charge < -0.3 is 20.5 Å². The van der Waals surface area contributed by atoms with Gasteiger partial charge in [-0.05, 0) is 33.7 Å². The number of hydrogen-bond donors (Lipinski definition) is 1. The molecule has 17 heavy (non-hydrogen) atoms. The molecule has 0 aliphatic carbocycles. The topological polar surface area (TPSA) is 85.3 Å². The van der Waals surface area contributed by atoms with Crippen LogP contribution in [0.15, 0.2) is 0 Å². The second kappa shape index (κ2) is 6.05. The highest BCUT2D eigenvalue weighted by atomic mass is 16.9. The highest BCUT2D eigenvalue weighted by molar-refractivity contribution is 4.91. The van der Waals surface area contributed by atoms with E-state index in [1.807, 2.05) is 6.92 Å². The van der Waals surface area contributed by atoms with Crippen LogP contribution in [0.5, 0.6) is 0 Å². The number of nitrogens with zero attached hydrogens (tertiary/aromatic N) is 3. The van der Waals surface area contributed by atoms with E-state index in [4.69, 9.17) is 0 Å². The highest BCUT2D eigenvalue weighted by Gasteiger charge is 2.41. The summed E-state index contributed by atoms with van der Waals surface area (Å²) >= 11 is 0. The summed E-state index contributed by atoms with van der Waals surface area (Å²) in [5.74, 6) is 0. The molecule has 2 atom stereocenters. The molecule has 0 saturated heterocycles. The lowest BCUT2D eigenvalue weighted by molar-refractivity contribution is -0.275. The Kier molecular flexibility index (Phi) is 5.95. The monoisotopic (exact) mass is 249 g/mol. The van der Waals surface area contributed by atoms with E-state index in [2.05, 4.69) is 4.84 Å². The van der Waals surface area contributed by atoms with E-state index in [0.717, 1.165) is 0 Å². The molecule has 0 aromatic rings. The van der Waals surface area contributed by atoms with E-state index < -0.39 is 11.3 Å². The Morgan fingerprint density at radius 3 is 1.76 bits per heavy atom. The van der Waals surface area contributed by atoms with E-state index in [1.165, 1.54) is 12.0 Å². The highest BCUT2D eigenvalue weighted by Crippen LogP contribution is 2.32. The van der Waals surface area contributed by atoms with Crippen LogP contribution in [0.25, 0.3) is 0 Å². The first-order valence-corrected chi connectivity index (χ1v) is 5.62. The summed E-state index contributed by atoms with van der Waals surface area (Å²) in [6.07, 6.45) is 0.793. The summed E-state index contributed by atoms with van der Waals surface area (Å²) < 4.78 is 0. The number of hydroxylamine groups is 4. The molecule has 0 heterocycles. The molecule has 104 valence electrons. The van der Waals surface area contributed by atoms with Gasteiger partial charge in [-0.25, -0.2) is 10.5 Å². The molecule has 0 amide bonds. The maximum atomic E-state index is 11.7. The first-order valence-electron chi connectivity index (χ1n) is 5.62. The van der Waals surface area contributed by atoms with Gasteiger partial charge >= 0.3 is 0 Å². The zero-order chi connectivity index (χ0) is 13.9. The minimum atomic E-state index is -1.19. The fourth-order valence-electron chi connectivity index (χ4n) is 1.71. The van der Waals surface area contributed by atoms with E-state index in [9.17, 15) is 15.6 Å². The molecule has 0 aliphatic rings. The molecule has 0 saturated carbocycles. The summed E-state index contributed by atoms with van der Waals surface area (Å²) in [6.45, 7) is 6.79. The van der Waals surface area contributed by atoms with E-state index in [0.29, 0.717) is 18.1 Å². The van der Waals surface area contributed by atoms with Gasteiger partial charge in [0, 0.05) is 0 Å². The summed E-state index contributed by atoms with van der Waals surface area (Å²) in [7, 11) is 2.88. The van der Waals surface area contributed by atoms with Crippen LogP contribution in [-0.2, 0) is 4.84 Å². The third-order valence-electron chi connectivity index (χ3n) is 3.76. The van der Waals surface area contributed by atoms with Crippen LogP contribution in [0.2, 0.25) is 0 Å². The van der Waals surface area contributed by atoms with Gasteiger partial charge in [-0.3, -0.25) is 4.90 Å². The number of hydrogen-bond acceptors (Lipinski definition) is 7. The van der Waals surface area contributed by atoms with E-state index >= 15 is 0 Å². The standard InChI is InChI=1S/C10H23N3O4/c1-7-9(3,12(14)15)11(5)10(4,8-2)13(16)17-6/h14H,7-8H2,1-6H3/q-2. The first kappa shape index (κ1) is 16.7. The van der Waals surface area contributed by atoms with Crippen LogP contribution in [0.1, 0.15) is 40.5 Å². The van der Waals surface area contributed by atoms with Gasteiger partial charge in [0.15, 0.2) is 0 Å². The van der Waals surface area contributed by atoms with Gasteiger partial charge in [0.25, 0.3) is 0 Å². The van der Waals surface area contributed by atoms with Gasteiger partial charge in [0.2, 0.25) is 0 Å². The van der Waals surface area contributed by atoms with Crippen LogP contribution in [0, 0.1) is 10.4 Å². The van der Waals surface area contributed by atoms with Gasteiger partial charge in [0.05, 0.1) is 18.4 Å². The van der Waals surface area contributed by atoms with Crippen LogP contribution in [0.4, 0.5) is 0 Å². The molecule has 0 rings (SSSR count). The van der Waals surface area contributed by atoms with Crippen molar-refractivity contribution in [2.75, 3.05) is 14.2 Å². The largest absolute Gasteiger partial charge is 0.761 e. The van der Waals surface area contributed by atoms with Crippen LogP contribution in [0.3, 0.4) is 0 Å². The Morgan fingerprint density at radius 1 is 1.12 bits per heavy atom. The van der Waals surface area contributed by atoms with E-state index in [-0.39, 0.29) is 5.23 Å². The Bertz CT molecular complexity index is 242. The van der Waals surface area contributed by atoms with Crippen molar-refractivity contribution in [1.29, 1.82) is 0 Å². The van der Waals surface area contributed by atoms with Gasteiger partial charge in [-0.2, -0.15) is 0 Å². The van der Waals surface area contributed by atoms with Gasteiger partial charge in [-0.1, -0.05) is 13.8 Å². The SMILES string of the molecule is CCC(C)(N([O-])O)N(C)C(C)(CC)N([O-])OC. The predicted molar refractivity (Wildman–Crippen MR) is 64.4 cm³/mol. The fraction of sp³-hybridized carbons (Fsp3) is 1.00. The van der Waals surface area contributed by atoms with Crippen molar-refractivity contribution < 1.29 is 10.0 Å². The lowest BCUT2D eigenvalue weighted by Gasteiger charge is -2.58. The second-order valence-corrected chi connectivity index (χ2v) is 4.41. The first-order chi connectivity index (χ1) is 7.70. The van der Waals surface area contributed by atoms with E-state index in [1.54, 1.807) is 27.8 Å². The molecule has 0 aromatic carbocycles. The zero-order valence-electron chi connectivity index (χ0n) is 11.4. The molecular weight excluding hydrogens is 226 g/mol. The molecule has 0 radical (unpaired) electrons. The van der Waals surface area contributed by atoms with Crippen molar-refractivity contribution in [3.05, 3.63) is 10.4 Å². The molecule has 0 fully saturated rings. The molecule has 0 aromatic heterocycles. The minimum absolute atomic E-state index is 0.121. The summed E-state index contributed by atoms with van der Waals surface area (Å²) in [5, 5.41) is 32.6. The van der Waals surface area contributed by atoms with Crippen molar-refractivity contribution in [3.63, 3.8) is 0 Å². The Hall–Kier alpha value is -0.280. The quantitative estimate of drug-likeness (QED) is 0.543. The summed E-state index contributed by atoms with van der Waals surface area (Å²) in [6, 6.07) is 0. The maximum Gasteiger partial charge on any atom is 0.0828 e. The maximum absolute atomic E-state index is 11.7. The lowest BCUT2D eigenvalue weighted by Crippen LogP contribution is -2.66. The molecule has 0 aliphatic heterocycles. The number of rotatable bonds is 7. The predicted octanol–water partition coefficient (Wildman–Crippen LogP) is 1.72. The fourth-order valence-corrected chi connectivity index (χ4v) is 1.71. The third-order valence-corrected chi connectivity index (χ3v) is 3.76. The smallest absolute Gasteiger partial charge is 0.0828 e. The van der Waals surface area contributed by atoms with Crippen molar-refractivity contribution in [3.8, 4) is 0 Å². The van der Waals surface area contributed by atoms with Crippen molar-refractivity contribution in [2.24, 2.45) is 0 Å². The van der Waals surface area contributed by atoms with Gasteiger partial charge in [-0.15, -0.1) is 0 Å². The third kappa shape index (κ3) is 2.94. The van der Waals surface area contributed by atoms with Crippen LogP contribution >= 0.6 is 0 Å². The van der Waals surface area contributed by atoms with Crippen molar-refractivity contribution >= 4 is 0 Å². The Labute approximate surface area is 103 Å². The zero-order valence-corrected chi connectivity index (χ0v) is 11.4. The average Bonchev–Trinajstić information content (AvgIpc) is 2.34. The average molecular weight is 249 g/mol. The molecule has 7 nitrogen and oxygen atoms in total. The molecule has 1 N–H and O–H groups in total. The summed E-state index contributed by atoms with van der Waals surface area (Å²) in [4.78, 5) is 6.20.